The van der Waals surface area contributed by atoms with Gasteiger partial charge in [0, 0.05) is 23.7 Å². The SMILES string of the molecule is CCCN1C(=O)C2(c3ccccc31)c1c(oc3ccc(Cl)cc3c1=O)C(=O)N2Cc1ccccc1. The summed E-state index contributed by atoms with van der Waals surface area (Å²) in [5, 5.41) is 0.610. The molecule has 1 aromatic heterocycles. The lowest BCUT2D eigenvalue weighted by Gasteiger charge is -2.34. The van der Waals surface area contributed by atoms with Crippen LogP contribution in [0.2, 0.25) is 5.02 Å². The Morgan fingerprint density at radius 2 is 1.69 bits per heavy atom. The molecule has 6 nitrogen and oxygen atoms in total. The second-order valence-electron chi connectivity index (χ2n) is 8.84. The topological polar surface area (TPSA) is 70.8 Å². The fraction of sp³-hybridized carbons (Fsp3) is 0.179. The Hall–Kier alpha value is -3.90. The molecule has 6 rings (SSSR count). The number of carbonyl (C=O) groups is 2. The highest BCUT2D eigenvalue weighted by atomic mass is 35.5. The average molecular weight is 485 g/mol. The van der Waals surface area contributed by atoms with Gasteiger partial charge in [-0.1, -0.05) is 67.1 Å². The summed E-state index contributed by atoms with van der Waals surface area (Å²) in [5.74, 6) is -0.904. The van der Waals surface area contributed by atoms with E-state index in [9.17, 15) is 14.4 Å². The molecule has 2 aliphatic rings. The molecule has 0 bridgehead atoms. The molecule has 2 amide bonds. The first-order chi connectivity index (χ1) is 17.0. The highest BCUT2D eigenvalue weighted by Crippen LogP contribution is 2.53. The zero-order chi connectivity index (χ0) is 24.3. The van der Waals surface area contributed by atoms with Crippen molar-refractivity contribution in [3.8, 4) is 0 Å². The Bertz CT molecular complexity index is 1580. The molecule has 2 aliphatic heterocycles. The Morgan fingerprint density at radius 1 is 0.943 bits per heavy atom. The van der Waals surface area contributed by atoms with Crippen molar-refractivity contribution in [2.24, 2.45) is 0 Å². The van der Waals surface area contributed by atoms with E-state index in [1.807, 2.05) is 61.5 Å². The monoisotopic (exact) mass is 484 g/mol. The predicted molar refractivity (Wildman–Crippen MR) is 134 cm³/mol. The maximum Gasteiger partial charge on any atom is 0.291 e. The van der Waals surface area contributed by atoms with Crippen molar-refractivity contribution in [3.05, 3.63) is 110 Å². The van der Waals surface area contributed by atoms with E-state index in [0.29, 0.717) is 22.8 Å². The molecule has 0 saturated heterocycles. The van der Waals surface area contributed by atoms with Gasteiger partial charge < -0.3 is 14.2 Å². The molecule has 0 saturated carbocycles. The van der Waals surface area contributed by atoms with Gasteiger partial charge in [0.05, 0.1) is 16.6 Å². The number of hydrogen-bond donors (Lipinski definition) is 0. The summed E-state index contributed by atoms with van der Waals surface area (Å²) < 4.78 is 6.05. The molecule has 0 fully saturated rings. The lowest BCUT2D eigenvalue weighted by atomic mass is 9.83. The first-order valence-electron chi connectivity index (χ1n) is 11.5. The van der Waals surface area contributed by atoms with Crippen LogP contribution in [0.25, 0.3) is 11.0 Å². The van der Waals surface area contributed by atoms with E-state index in [4.69, 9.17) is 16.0 Å². The third-order valence-corrected chi connectivity index (χ3v) is 7.06. The second kappa shape index (κ2) is 7.82. The van der Waals surface area contributed by atoms with Crippen LogP contribution < -0.4 is 10.3 Å². The van der Waals surface area contributed by atoms with E-state index in [0.717, 1.165) is 12.0 Å². The summed E-state index contributed by atoms with van der Waals surface area (Å²) in [5.41, 5.74) is 0.419. The second-order valence-corrected chi connectivity index (χ2v) is 9.27. The van der Waals surface area contributed by atoms with E-state index in [1.54, 1.807) is 17.0 Å². The first kappa shape index (κ1) is 21.6. The Labute approximate surface area is 206 Å². The van der Waals surface area contributed by atoms with Crippen LogP contribution in [-0.4, -0.2) is 23.3 Å². The number of fused-ring (bicyclic) bond motifs is 5. The van der Waals surface area contributed by atoms with Crippen LogP contribution >= 0.6 is 11.6 Å². The van der Waals surface area contributed by atoms with Gasteiger partial charge in [0.25, 0.3) is 11.8 Å². The zero-order valence-electron chi connectivity index (χ0n) is 19.0. The van der Waals surface area contributed by atoms with Crippen molar-refractivity contribution in [2.45, 2.75) is 25.4 Å². The highest BCUT2D eigenvalue weighted by molar-refractivity contribution is 6.31. The fourth-order valence-corrected chi connectivity index (χ4v) is 5.57. The van der Waals surface area contributed by atoms with Gasteiger partial charge in [-0.2, -0.15) is 0 Å². The molecule has 3 aromatic carbocycles. The van der Waals surface area contributed by atoms with Crippen LogP contribution in [-0.2, 0) is 16.9 Å². The van der Waals surface area contributed by atoms with E-state index in [2.05, 4.69) is 0 Å². The molecule has 0 aliphatic carbocycles. The van der Waals surface area contributed by atoms with Gasteiger partial charge in [0.1, 0.15) is 5.58 Å². The molecule has 0 radical (unpaired) electrons. The van der Waals surface area contributed by atoms with E-state index in [1.165, 1.54) is 11.0 Å². The van der Waals surface area contributed by atoms with Crippen LogP contribution in [0.4, 0.5) is 5.69 Å². The molecule has 174 valence electrons. The predicted octanol–water partition coefficient (Wildman–Crippen LogP) is 5.10. The van der Waals surface area contributed by atoms with Crippen LogP contribution in [0.5, 0.6) is 0 Å². The number of halogens is 1. The van der Waals surface area contributed by atoms with Crippen molar-refractivity contribution in [1.29, 1.82) is 0 Å². The minimum atomic E-state index is -1.62. The number of amides is 2. The summed E-state index contributed by atoms with van der Waals surface area (Å²) in [7, 11) is 0. The summed E-state index contributed by atoms with van der Waals surface area (Å²) in [6.07, 6.45) is 0.720. The van der Waals surface area contributed by atoms with Crippen molar-refractivity contribution in [2.75, 3.05) is 11.4 Å². The number of hydrogen-bond acceptors (Lipinski definition) is 4. The minimum Gasteiger partial charge on any atom is -0.450 e. The highest BCUT2D eigenvalue weighted by Gasteiger charge is 2.64. The van der Waals surface area contributed by atoms with Crippen LogP contribution in [0.3, 0.4) is 0 Å². The van der Waals surface area contributed by atoms with E-state index in [-0.39, 0.29) is 34.7 Å². The lowest BCUT2D eigenvalue weighted by Crippen LogP contribution is -2.53. The quantitative estimate of drug-likeness (QED) is 0.404. The Kier molecular flexibility index (Phi) is 4.83. The van der Waals surface area contributed by atoms with Gasteiger partial charge in [0.2, 0.25) is 5.76 Å². The van der Waals surface area contributed by atoms with Crippen LogP contribution in [0.15, 0.2) is 82.0 Å². The van der Waals surface area contributed by atoms with Gasteiger partial charge in [-0.15, -0.1) is 0 Å². The van der Waals surface area contributed by atoms with Gasteiger partial charge in [0.15, 0.2) is 11.0 Å². The largest absolute Gasteiger partial charge is 0.450 e. The lowest BCUT2D eigenvalue weighted by molar-refractivity contribution is -0.126. The van der Waals surface area contributed by atoms with Crippen molar-refractivity contribution in [3.63, 3.8) is 0 Å². The number of carbonyl (C=O) groups excluding carboxylic acids is 2. The molecule has 3 heterocycles. The number of benzene rings is 3. The van der Waals surface area contributed by atoms with Gasteiger partial charge in [-0.3, -0.25) is 14.4 Å². The molecule has 35 heavy (non-hydrogen) atoms. The first-order valence-corrected chi connectivity index (χ1v) is 11.9. The maximum atomic E-state index is 14.4. The Morgan fingerprint density at radius 3 is 2.46 bits per heavy atom. The summed E-state index contributed by atoms with van der Waals surface area (Å²) >= 11 is 6.20. The molecule has 4 aromatic rings. The zero-order valence-corrected chi connectivity index (χ0v) is 19.7. The van der Waals surface area contributed by atoms with Crippen LogP contribution in [0, 0.1) is 0 Å². The fourth-order valence-electron chi connectivity index (χ4n) is 5.40. The van der Waals surface area contributed by atoms with Crippen molar-refractivity contribution < 1.29 is 14.0 Å². The number of rotatable bonds is 4. The standard InChI is InChI=1S/C28H21ClN2O4/c1-2-14-30-21-11-7-6-10-20(21)28(27(30)34)23-24(32)19-15-18(29)12-13-22(19)35-25(23)26(33)31(28)16-17-8-4-3-5-9-17/h3-13,15H,2,14,16H2,1H3. The smallest absolute Gasteiger partial charge is 0.291 e. The Balaban J connectivity index is 1.71. The molecule has 7 heteroatoms. The van der Waals surface area contributed by atoms with Crippen LogP contribution in [0.1, 0.15) is 40.6 Å². The molecule has 1 unspecified atom stereocenters. The average Bonchev–Trinajstić information content (AvgIpc) is 3.26. The maximum absolute atomic E-state index is 14.4. The summed E-state index contributed by atoms with van der Waals surface area (Å²) in [6.45, 7) is 2.59. The molecular weight excluding hydrogens is 464 g/mol. The van der Waals surface area contributed by atoms with E-state index >= 15 is 0 Å². The molecule has 1 atom stereocenters. The normalized spacial score (nSPS) is 18.6. The molecular formula is C28H21ClN2O4. The van der Waals surface area contributed by atoms with Gasteiger partial charge in [-0.05, 0) is 36.2 Å². The third-order valence-electron chi connectivity index (χ3n) is 6.83. The number of para-hydroxylation sites is 1. The summed E-state index contributed by atoms with van der Waals surface area (Å²) in [6, 6.07) is 21.5. The molecule has 1 spiro atoms. The van der Waals surface area contributed by atoms with Crippen molar-refractivity contribution >= 4 is 40.1 Å². The summed E-state index contributed by atoms with van der Waals surface area (Å²) in [4.78, 5) is 45.5. The number of anilines is 1. The third kappa shape index (κ3) is 2.86. The minimum absolute atomic E-state index is 0.0595. The van der Waals surface area contributed by atoms with Gasteiger partial charge in [-0.25, -0.2) is 0 Å². The van der Waals surface area contributed by atoms with Crippen molar-refractivity contribution in [1.82, 2.24) is 4.90 Å². The molecule has 0 N–H and O–H groups in total. The van der Waals surface area contributed by atoms with E-state index < -0.39 is 16.9 Å². The van der Waals surface area contributed by atoms with Gasteiger partial charge >= 0.3 is 0 Å². The number of nitrogens with zero attached hydrogens (tertiary/aromatic N) is 2.